The molecule has 0 saturated carbocycles. The Morgan fingerprint density at radius 3 is 2.14 bits per heavy atom. The van der Waals surface area contributed by atoms with Crippen LogP contribution in [0.1, 0.15) is 0 Å². The molecule has 3 aromatic carbocycles. The molecule has 1 aromatic heterocycles. The zero-order chi connectivity index (χ0) is 19.5. The Labute approximate surface area is 162 Å². The second-order valence-electron chi connectivity index (χ2n) is 6.18. The molecular formula is C22H19N3O3. The first-order chi connectivity index (χ1) is 13.7. The molecule has 28 heavy (non-hydrogen) atoms. The van der Waals surface area contributed by atoms with Gasteiger partial charge in [0.15, 0.2) is 0 Å². The number of rotatable bonds is 4. The number of benzene rings is 3. The largest absolute Gasteiger partial charge is 0.494 e. The number of aromatic nitrogens is 1. The van der Waals surface area contributed by atoms with Gasteiger partial charge < -0.3 is 14.8 Å². The normalized spacial score (nSPS) is 10.6. The summed E-state index contributed by atoms with van der Waals surface area (Å²) in [6.07, 6.45) is -0.533. The summed E-state index contributed by atoms with van der Waals surface area (Å²) in [4.78, 5) is 16.2. The van der Waals surface area contributed by atoms with E-state index in [2.05, 4.69) is 15.4 Å². The molecule has 0 fully saturated rings. The van der Waals surface area contributed by atoms with Gasteiger partial charge in [0.05, 0.1) is 36.6 Å². The lowest BCUT2D eigenvalue weighted by molar-refractivity contribution is 0.187. The Morgan fingerprint density at radius 2 is 1.54 bits per heavy atom. The van der Waals surface area contributed by atoms with Gasteiger partial charge in [0.25, 0.3) is 0 Å². The van der Waals surface area contributed by atoms with E-state index < -0.39 is 6.09 Å². The molecule has 6 heteroatoms. The van der Waals surface area contributed by atoms with Crippen molar-refractivity contribution >= 4 is 45.0 Å². The summed E-state index contributed by atoms with van der Waals surface area (Å²) in [5.41, 5.74) is 4.13. The van der Waals surface area contributed by atoms with Crippen molar-refractivity contribution in [2.75, 3.05) is 24.9 Å². The number of methoxy groups -OCH3 is 2. The Kier molecular flexibility index (Phi) is 4.68. The van der Waals surface area contributed by atoms with Crippen LogP contribution in [0.4, 0.5) is 21.9 Å². The van der Waals surface area contributed by atoms with Crippen molar-refractivity contribution in [3.05, 3.63) is 66.7 Å². The maximum Gasteiger partial charge on any atom is 0.411 e. The molecule has 0 atom stereocenters. The number of carbonyl (C=O) groups excluding carboxylic acids is 1. The Morgan fingerprint density at radius 1 is 0.893 bits per heavy atom. The number of fused-ring (bicyclic) bond motifs is 2. The molecule has 0 spiro atoms. The summed E-state index contributed by atoms with van der Waals surface area (Å²) in [6, 6.07) is 21.4. The van der Waals surface area contributed by atoms with Crippen LogP contribution in [0.5, 0.6) is 5.75 Å². The summed E-state index contributed by atoms with van der Waals surface area (Å²) in [7, 11) is 2.91. The minimum absolute atomic E-state index is 0.533. The zero-order valence-electron chi connectivity index (χ0n) is 15.5. The van der Waals surface area contributed by atoms with Crippen LogP contribution < -0.4 is 15.4 Å². The molecule has 0 radical (unpaired) electrons. The number of nitrogens with zero attached hydrogens (tertiary/aromatic N) is 1. The van der Waals surface area contributed by atoms with Crippen LogP contribution >= 0.6 is 0 Å². The smallest absolute Gasteiger partial charge is 0.411 e. The van der Waals surface area contributed by atoms with Gasteiger partial charge in [-0.1, -0.05) is 36.4 Å². The quantitative estimate of drug-likeness (QED) is 0.474. The fraction of sp³-hybridized carbons (Fsp3) is 0.0909. The van der Waals surface area contributed by atoms with Gasteiger partial charge in [-0.2, -0.15) is 0 Å². The third-order valence-corrected chi connectivity index (χ3v) is 4.48. The van der Waals surface area contributed by atoms with Gasteiger partial charge in [-0.3, -0.25) is 5.32 Å². The Balaban J connectivity index is 1.82. The third kappa shape index (κ3) is 3.27. The second kappa shape index (κ2) is 7.44. The monoisotopic (exact) mass is 373 g/mol. The molecule has 140 valence electrons. The standard InChI is InChI=1S/C22H19N3O3/c1-27-20-13-14(23-22(26)28-2)11-12-19(20)25-21-15-7-3-5-9-17(15)24-18-10-6-4-8-16(18)21/h3-13H,1-2H3,(H,23,26)(H,24,25). The fourth-order valence-electron chi connectivity index (χ4n) is 3.15. The lowest BCUT2D eigenvalue weighted by Gasteiger charge is -2.16. The van der Waals surface area contributed by atoms with Crippen molar-refractivity contribution in [1.29, 1.82) is 0 Å². The molecule has 1 heterocycles. The number of hydrogen-bond acceptors (Lipinski definition) is 5. The van der Waals surface area contributed by atoms with E-state index in [0.29, 0.717) is 11.4 Å². The van der Waals surface area contributed by atoms with Crippen molar-refractivity contribution in [3.63, 3.8) is 0 Å². The van der Waals surface area contributed by atoms with E-state index in [1.165, 1.54) is 7.11 Å². The SMILES string of the molecule is COC(=O)Nc1ccc(Nc2c3ccccc3nc3ccccc23)c(OC)c1. The van der Waals surface area contributed by atoms with Crippen LogP contribution in [0.15, 0.2) is 66.7 Å². The summed E-state index contributed by atoms with van der Waals surface area (Å²) in [5.74, 6) is 0.596. The Hall–Kier alpha value is -3.80. The number of amides is 1. The van der Waals surface area contributed by atoms with E-state index in [-0.39, 0.29) is 0 Å². The van der Waals surface area contributed by atoms with Crippen LogP contribution in [0, 0.1) is 0 Å². The number of hydrogen-bond donors (Lipinski definition) is 2. The minimum atomic E-state index is -0.533. The number of carbonyl (C=O) groups is 1. The molecule has 4 aromatic rings. The van der Waals surface area contributed by atoms with Crippen LogP contribution in [0.3, 0.4) is 0 Å². The average molecular weight is 373 g/mol. The molecular weight excluding hydrogens is 354 g/mol. The van der Waals surface area contributed by atoms with Gasteiger partial charge in [0.1, 0.15) is 5.75 Å². The maximum absolute atomic E-state index is 11.5. The van der Waals surface area contributed by atoms with E-state index in [4.69, 9.17) is 9.72 Å². The topological polar surface area (TPSA) is 72.5 Å². The average Bonchev–Trinajstić information content (AvgIpc) is 2.74. The van der Waals surface area contributed by atoms with Gasteiger partial charge in [0.2, 0.25) is 0 Å². The molecule has 2 N–H and O–H groups in total. The maximum atomic E-state index is 11.5. The van der Waals surface area contributed by atoms with E-state index in [1.54, 1.807) is 19.2 Å². The van der Waals surface area contributed by atoms with Gasteiger partial charge in [-0.15, -0.1) is 0 Å². The number of nitrogens with one attached hydrogen (secondary N) is 2. The van der Waals surface area contributed by atoms with E-state index >= 15 is 0 Å². The molecule has 1 amide bonds. The number of ether oxygens (including phenoxy) is 2. The van der Waals surface area contributed by atoms with Crippen LogP contribution in [0.2, 0.25) is 0 Å². The van der Waals surface area contributed by atoms with Gasteiger partial charge in [0, 0.05) is 22.5 Å². The number of para-hydroxylation sites is 2. The summed E-state index contributed by atoms with van der Waals surface area (Å²) >= 11 is 0. The molecule has 0 aliphatic carbocycles. The first kappa shape index (κ1) is 17.6. The summed E-state index contributed by atoms with van der Waals surface area (Å²) < 4.78 is 10.2. The molecule has 6 nitrogen and oxygen atoms in total. The van der Waals surface area contributed by atoms with Crippen molar-refractivity contribution in [3.8, 4) is 5.75 Å². The molecule has 4 rings (SSSR count). The number of pyridine rings is 1. The minimum Gasteiger partial charge on any atom is -0.494 e. The van der Waals surface area contributed by atoms with Crippen LogP contribution in [0.25, 0.3) is 21.8 Å². The zero-order valence-corrected chi connectivity index (χ0v) is 15.5. The molecule has 0 aliphatic heterocycles. The van der Waals surface area contributed by atoms with Crippen molar-refractivity contribution in [2.45, 2.75) is 0 Å². The van der Waals surface area contributed by atoms with Crippen LogP contribution in [-0.4, -0.2) is 25.3 Å². The molecule has 0 saturated heterocycles. The molecule has 0 bridgehead atoms. The van der Waals surface area contributed by atoms with E-state index in [9.17, 15) is 4.79 Å². The second-order valence-corrected chi connectivity index (χ2v) is 6.18. The number of anilines is 3. The van der Waals surface area contributed by atoms with Gasteiger partial charge >= 0.3 is 6.09 Å². The highest BCUT2D eigenvalue weighted by Gasteiger charge is 2.12. The molecule has 0 aliphatic rings. The lowest BCUT2D eigenvalue weighted by atomic mass is 10.1. The Bertz CT molecular complexity index is 1120. The summed E-state index contributed by atoms with van der Waals surface area (Å²) in [6.45, 7) is 0. The van der Waals surface area contributed by atoms with Crippen molar-refractivity contribution < 1.29 is 14.3 Å². The van der Waals surface area contributed by atoms with Crippen molar-refractivity contribution in [1.82, 2.24) is 4.98 Å². The lowest BCUT2D eigenvalue weighted by Crippen LogP contribution is -2.11. The summed E-state index contributed by atoms with van der Waals surface area (Å²) in [5, 5.41) is 8.16. The van der Waals surface area contributed by atoms with Crippen molar-refractivity contribution in [2.24, 2.45) is 0 Å². The highest BCUT2D eigenvalue weighted by atomic mass is 16.5. The van der Waals surface area contributed by atoms with E-state index in [0.717, 1.165) is 33.2 Å². The molecule has 0 unspecified atom stereocenters. The first-order valence-electron chi connectivity index (χ1n) is 8.77. The van der Waals surface area contributed by atoms with E-state index in [1.807, 2.05) is 54.6 Å². The predicted octanol–water partition coefficient (Wildman–Crippen LogP) is 5.32. The highest BCUT2D eigenvalue weighted by molar-refractivity contribution is 6.08. The first-order valence-corrected chi connectivity index (χ1v) is 8.77. The van der Waals surface area contributed by atoms with Crippen LogP contribution in [-0.2, 0) is 4.74 Å². The predicted molar refractivity (Wildman–Crippen MR) is 112 cm³/mol. The third-order valence-electron chi connectivity index (χ3n) is 4.48. The van der Waals surface area contributed by atoms with Gasteiger partial charge in [-0.05, 0) is 24.3 Å². The van der Waals surface area contributed by atoms with Gasteiger partial charge in [-0.25, -0.2) is 9.78 Å². The fourth-order valence-corrected chi connectivity index (χ4v) is 3.15. The highest BCUT2D eigenvalue weighted by Crippen LogP contribution is 2.36.